The fraction of sp³-hybridized carbons (Fsp3) is 0.875. The molecule has 2 unspecified atom stereocenters. The van der Waals surface area contributed by atoms with Crippen LogP contribution in [0.1, 0.15) is 65.2 Å². The van der Waals surface area contributed by atoms with Crippen molar-refractivity contribution in [2.24, 2.45) is 5.92 Å². The second kappa shape index (κ2) is 9.77. The number of aliphatic carboxylic acids is 1. The third-order valence-electron chi connectivity index (χ3n) is 4.08. The van der Waals surface area contributed by atoms with Gasteiger partial charge in [-0.3, -0.25) is 9.59 Å². The van der Waals surface area contributed by atoms with Crippen molar-refractivity contribution in [2.75, 3.05) is 6.54 Å². The zero-order valence-electron chi connectivity index (χ0n) is 13.3. The fourth-order valence-electron chi connectivity index (χ4n) is 2.78. The number of ether oxygens (including phenoxy) is 1. The minimum Gasteiger partial charge on any atom is -0.481 e. The largest absolute Gasteiger partial charge is 0.481 e. The van der Waals surface area contributed by atoms with Crippen LogP contribution in [0.3, 0.4) is 0 Å². The molecule has 5 nitrogen and oxygen atoms in total. The van der Waals surface area contributed by atoms with E-state index in [2.05, 4.69) is 5.32 Å². The van der Waals surface area contributed by atoms with Crippen LogP contribution in [0.4, 0.5) is 0 Å². The zero-order chi connectivity index (χ0) is 15.7. The lowest BCUT2D eigenvalue weighted by molar-refractivity contribution is -0.143. The van der Waals surface area contributed by atoms with Crippen LogP contribution < -0.4 is 5.32 Å². The molecule has 21 heavy (non-hydrogen) atoms. The van der Waals surface area contributed by atoms with Gasteiger partial charge in [0.05, 0.1) is 12.0 Å². The van der Waals surface area contributed by atoms with E-state index < -0.39 is 18.0 Å². The molecule has 0 aromatic heterocycles. The number of hydrogen-bond acceptors (Lipinski definition) is 3. The van der Waals surface area contributed by atoms with Gasteiger partial charge in [0.2, 0.25) is 5.91 Å². The van der Waals surface area contributed by atoms with Crippen LogP contribution in [0.25, 0.3) is 0 Å². The Hall–Kier alpha value is -1.10. The zero-order valence-corrected chi connectivity index (χ0v) is 13.3. The molecule has 0 aromatic carbocycles. The first-order valence-corrected chi connectivity index (χ1v) is 8.24. The maximum Gasteiger partial charge on any atom is 0.308 e. The average Bonchev–Trinajstić information content (AvgIpc) is 2.49. The summed E-state index contributed by atoms with van der Waals surface area (Å²) in [6, 6.07) is 0. The summed E-state index contributed by atoms with van der Waals surface area (Å²) in [4.78, 5) is 23.2. The third-order valence-corrected chi connectivity index (χ3v) is 4.08. The van der Waals surface area contributed by atoms with E-state index in [1.165, 1.54) is 19.3 Å². The van der Waals surface area contributed by atoms with Crippen molar-refractivity contribution < 1.29 is 19.4 Å². The third kappa shape index (κ3) is 6.46. The van der Waals surface area contributed by atoms with Crippen molar-refractivity contribution in [3.05, 3.63) is 0 Å². The highest BCUT2D eigenvalue weighted by Crippen LogP contribution is 2.22. The van der Waals surface area contributed by atoms with Crippen LogP contribution >= 0.6 is 0 Å². The van der Waals surface area contributed by atoms with Gasteiger partial charge in [-0.15, -0.1) is 0 Å². The van der Waals surface area contributed by atoms with Gasteiger partial charge in [0.1, 0.15) is 6.10 Å². The molecular formula is C16H29NO4. The summed E-state index contributed by atoms with van der Waals surface area (Å²) < 4.78 is 5.90. The minimum absolute atomic E-state index is 0.176. The maximum absolute atomic E-state index is 12.2. The molecule has 0 spiro atoms. The van der Waals surface area contributed by atoms with Crippen molar-refractivity contribution in [2.45, 2.75) is 77.4 Å². The molecule has 0 saturated heterocycles. The van der Waals surface area contributed by atoms with Crippen molar-refractivity contribution in [3.63, 3.8) is 0 Å². The summed E-state index contributed by atoms with van der Waals surface area (Å²) in [7, 11) is 0. The van der Waals surface area contributed by atoms with Crippen LogP contribution in [0.15, 0.2) is 0 Å². The Morgan fingerprint density at radius 2 is 1.90 bits per heavy atom. The van der Waals surface area contributed by atoms with Gasteiger partial charge < -0.3 is 15.2 Å². The lowest BCUT2D eigenvalue weighted by Gasteiger charge is -2.26. The second-order valence-corrected chi connectivity index (χ2v) is 5.86. The van der Waals surface area contributed by atoms with Crippen LogP contribution in [0.2, 0.25) is 0 Å². The monoisotopic (exact) mass is 299 g/mol. The number of carbonyl (C=O) groups excluding carboxylic acids is 1. The highest BCUT2D eigenvalue weighted by atomic mass is 16.5. The van der Waals surface area contributed by atoms with Gasteiger partial charge in [-0.1, -0.05) is 39.5 Å². The molecule has 1 fully saturated rings. The van der Waals surface area contributed by atoms with Gasteiger partial charge in [-0.05, 0) is 25.7 Å². The van der Waals surface area contributed by atoms with Gasteiger partial charge in [0.25, 0.3) is 0 Å². The number of amides is 1. The SMILES string of the molecule is CCCC(CNC(=O)C(CC)OC1CCCCC1)C(=O)O. The molecule has 1 saturated carbocycles. The Kier molecular flexibility index (Phi) is 8.35. The predicted molar refractivity (Wildman–Crippen MR) is 81.1 cm³/mol. The summed E-state index contributed by atoms with van der Waals surface area (Å²) in [5, 5.41) is 11.8. The Morgan fingerprint density at radius 1 is 1.24 bits per heavy atom. The summed E-state index contributed by atoms with van der Waals surface area (Å²) in [5.41, 5.74) is 0. The molecule has 0 aromatic rings. The molecule has 1 amide bonds. The van der Waals surface area contributed by atoms with Crippen molar-refractivity contribution >= 4 is 11.9 Å². The lowest BCUT2D eigenvalue weighted by Crippen LogP contribution is -2.41. The van der Waals surface area contributed by atoms with Crippen molar-refractivity contribution in [1.82, 2.24) is 5.32 Å². The Balaban J connectivity index is 2.40. The highest BCUT2D eigenvalue weighted by Gasteiger charge is 2.25. The first-order valence-electron chi connectivity index (χ1n) is 8.24. The highest BCUT2D eigenvalue weighted by molar-refractivity contribution is 5.81. The summed E-state index contributed by atoms with van der Waals surface area (Å²) in [6.45, 7) is 4.05. The number of rotatable bonds is 9. The minimum atomic E-state index is -0.849. The molecule has 0 radical (unpaired) electrons. The second-order valence-electron chi connectivity index (χ2n) is 5.86. The van der Waals surface area contributed by atoms with E-state index in [-0.39, 0.29) is 18.6 Å². The predicted octanol–water partition coefficient (Wildman–Crippen LogP) is 2.73. The molecule has 1 rings (SSSR count). The van der Waals surface area contributed by atoms with Gasteiger partial charge in [-0.25, -0.2) is 0 Å². The van der Waals surface area contributed by atoms with E-state index >= 15 is 0 Å². The van der Waals surface area contributed by atoms with Gasteiger partial charge in [0.15, 0.2) is 0 Å². The summed E-state index contributed by atoms with van der Waals surface area (Å²) >= 11 is 0. The molecule has 0 heterocycles. The Morgan fingerprint density at radius 3 is 2.43 bits per heavy atom. The van der Waals surface area contributed by atoms with Crippen LogP contribution in [0.5, 0.6) is 0 Å². The van der Waals surface area contributed by atoms with E-state index in [1.807, 2.05) is 13.8 Å². The van der Waals surface area contributed by atoms with E-state index in [0.717, 1.165) is 19.3 Å². The quantitative estimate of drug-likeness (QED) is 0.686. The van der Waals surface area contributed by atoms with Crippen LogP contribution in [-0.2, 0) is 14.3 Å². The van der Waals surface area contributed by atoms with Crippen LogP contribution in [-0.4, -0.2) is 35.7 Å². The molecule has 1 aliphatic rings. The first kappa shape index (κ1) is 18.0. The number of carbonyl (C=O) groups is 2. The molecule has 2 atom stereocenters. The first-order chi connectivity index (χ1) is 10.1. The standard InChI is InChI=1S/C16H29NO4/c1-3-8-12(16(19)20)11-17-15(18)14(4-2)21-13-9-6-5-7-10-13/h12-14H,3-11H2,1-2H3,(H,17,18)(H,19,20). The van der Waals surface area contributed by atoms with Gasteiger partial charge in [-0.2, -0.15) is 0 Å². The number of carboxylic acid groups (broad SMARTS) is 1. The summed E-state index contributed by atoms with van der Waals surface area (Å²) in [5.74, 6) is -1.53. The van der Waals surface area contributed by atoms with E-state index in [4.69, 9.17) is 9.84 Å². The van der Waals surface area contributed by atoms with Crippen LogP contribution in [0, 0.1) is 5.92 Å². The number of hydrogen-bond donors (Lipinski definition) is 2. The maximum atomic E-state index is 12.2. The number of carboxylic acids is 1. The molecule has 0 aliphatic heterocycles. The Labute approximate surface area is 127 Å². The lowest BCUT2D eigenvalue weighted by atomic mass is 9.97. The van der Waals surface area contributed by atoms with Crippen molar-refractivity contribution in [3.8, 4) is 0 Å². The molecule has 122 valence electrons. The molecule has 1 aliphatic carbocycles. The van der Waals surface area contributed by atoms with Gasteiger partial charge in [0, 0.05) is 6.54 Å². The van der Waals surface area contributed by atoms with E-state index in [9.17, 15) is 9.59 Å². The molecular weight excluding hydrogens is 270 g/mol. The number of nitrogens with one attached hydrogen (secondary N) is 1. The average molecular weight is 299 g/mol. The van der Waals surface area contributed by atoms with E-state index in [0.29, 0.717) is 12.8 Å². The molecule has 0 bridgehead atoms. The summed E-state index contributed by atoms with van der Waals surface area (Å²) in [6.07, 6.45) is 7.35. The fourth-order valence-corrected chi connectivity index (χ4v) is 2.78. The topological polar surface area (TPSA) is 75.6 Å². The molecule has 5 heteroatoms. The normalized spacial score (nSPS) is 19.0. The van der Waals surface area contributed by atoms with Crippen molar-refractivity contribution in [1.29, 1.82) is 0 Å². The van der Waals surface area contributed by atoms with Gasteiger partial charge >= 0.3 is 5.97 Å². The smallest absolute Gasteiger partial charge is 0.308 e. The molecule has 2 N–H and O–H groups in total. The Bertz CT molecular complexity index is 326. The van der Waals surface area contributed by atoms with E-state index in [1.54, 1.807) is 0 Å².